The van der Waals surface area contributed by atoms with E-state index in [1.165, 1.54) is 5.57 Å². The first-order valence-electron chi connectivity index (χ1n) is 4.74. The summed E-state index contributed by atoms with van der Waals surface area (Å²) in [6, 6.07) is 0.207. The predicted molar refractivity (Wildman–Crippen MR) is 56.4 cm³/mol. The summed E-state index contributed by atoms with van der Waals surface area (Å²) in [5.41, 5.74) is 2.46. The number of nitrogens with zero attached hydrogens (tertiary/aromatic N) is 2. The molecule has 1 aliphatic carbocycles. The second kappa shape index (κ2) is 3.29. The molecule has 1 unspecified atom stereocenters. The van der Waals surface area contributed by atoms with Gasteiger partial charge in [0.2, 0.25) is 0 Å². The highest BCUT2D eigenvalue weighted by atomic mass is 15.0. The standard InChI is InChI=1S/C11H14N2/c1-8(2)5-9-3-4-10-11(6-9)13-7-12-10/h3-4,6-8,11H,5H2,1-2H3. The van der Waals surface area contributed by atoms with Crippen molar-refractivity contribution in [3.63, 3.8) is 0 Å². The summed E-state index contributed by atoms with van der Waals surface area (Å²) in [7, 11) is 0. The summed E-state index contributed by atoms with van der Waals surface area (Å²) in [6.45, 7) is 4.46. The van der Waals surface area contributed by atoms with Crippen molar-refractivity contribution in [3.8, 4) is 0 Å². The summed E-state index contributed by atoms with van der Waals surface area (Å²) in [5.74, 6) is 0.708. The molecule has 0 spiro atoms. The van der Waals surface area contributed by atoms with Crippen LogP contribution >= 0.6 is 0 Å². The Bertz CT molecular complexity index is 319. The van der Waals surface area contributed by atoms with E-state index in [9.17, 15) is 0 Å². The lowest BCUT2D eigenvalue weighted by Crippen LogP contribution is -2.14. The smallest absolute Gasteiger partial charge is 0.112 e. The van der Waals surface area contributed by atoms with Gasteiger partial charge in [-0.2, -0.15) is 0 Å². The van der Waals surface area contributed by atoms with Gasteiger partial charge in [0.15, 0.2) is 0 Å². The fraction of sp³-hybridized carbons (Fsp3) is 0.455. The molecule has 68 valence electrons. The van der Waals surface area contributed by atoms with Crippen LogP contribution in [0.3, 0.4) is 0 Å². The molecular weight excluding hydrogens is 160 g/mol. The van der Waals surface area contributed by atoms with Crippen molar-refractivity contribution in [2.24, 2.45) is 15.9 Å². The van der Waals surface area contributed by atoms with E-state index >= 15 is 0 Å². The van der Waals surface area contributed by atoms with Gasteiger partial charge in [-0.3, -0.25) is 4.99 Å². The van der Waals surface area contributed by atoms with E-state index in [0.29, 0.717) is 5.92 Å². The summed E-state index contributed by atoms with van der Waals surface area (Å²) in [6.07, 6.45) is 9.23. The Morgan fingerprint density at radius 2 is 2.23 bits per heavy atom. The minimum absolute atomic E-state index is 0.207. The zero-order valence-corrected chi connectivity index (χ0v) is 8.07. The molecule has 0 aromatic heterocycles. The van der Waals surface area contributed by atoms with Crippen LogP contribution < -0.4 is 0 Å². The average molecular weight is 174 g/mol. The van der Waals surface area contributed by atoms with Crippen molar-refractivity contribution in [2.75, 3.05) is 0 Å². The number of hydrogen-bond acceptors (Lipinski definition) is 2. The van der Waals surface area contributed by atoms with Crippen LogP contribution in [0.4, 0.5) is 0 Å². The van der Waals surface area contributed by atoms with Gasteiger partial charge in [-0.25, -0.2) is 4.99 Å². The van der Waals surface area contributed by atoms with Crippen LogP contribution in [-0.2, 0) is 0 Å². The van der Waals surface area contributed by atoms with Crippen LogP contribution in [-0.4, -0.2) is 18.1 Å². The molecule has 0 radical (unpaired) electrons. The van der Waals surface area contributed by atoms with Crippen molar-refractivity contribution in [1.82, 2.24) is 0 Å². The summed E-state index contributed by atoms with van der Waals surface area (Å²) < 4.78 is 0. The Hall–Kier alpha value is -1.18. The molecule has 0 bridgehead atoms. The van der Waals surface area contributed by atoms with Crippen molar-refractivity contribution in [1.29, 1.82) is 0 Å². The van der Waals surface area contributed by atoms with E-state index in [1.54, 1.807) is 6.34 Å². The van der Waals surface area contributed by atoms with Gasteiger partial charge in [0.1, 0.15) is 12.4 Å². The monoisotopic (exact) mass is 174 g/mol. The molecule has 0 saturated heterocycles. The first-order valence-corrected chi connectivity index (χ1v) is 4.74. The summed E-state index contributed by atoms with van der Waals surface area (Å²) >= 11 is 0. The van der Waals surface area contributed by atoms with Gasteiger partial charge in [-0.1, -0.05) is 26.0 Å². The SMILES string of the molecule is CC(C)CC1=CC2N=CN=C2C=C1. The third-order valence-electron chi connectivity index (χ3n) is 2.22. The highest BCUT2D eigenvalue weighted by Gasteiger charge is 2.17. The van der Waals surface area contributed by atoms with Crippen LogP contribution in [0.5, 0.6) is 0 Å². The Morgan fingerprint density at radius 3 is 3.00 bits per heavy atom. The quantitative estimate of drug-likeness (QED) is 0.614. The maximum Gasteiger partial charge on any atom is 0.112 e. The molecule has 2 nitrogen and oxygen atoms in total. The molecule has 13 heavy (non-hydrogen) atoms. The Morgan fingerprint density at radius 1 is 1.38 bits per heavy atom. The first-order chi connectivity index (χ1) is 6.25. The molecule has 0 saturated carbocycles. The molecule has 1 aliphatic heterocycles. The molecule has 0 aromatic rings. The summed E-state index contributed by atoms with van der Waals surface area (Å²) in [4.78, 5) is 8.42. The van der Waals surface area contributed by atoms with Crippen molar-refractivity contribution in [2.45, 2.75) is 26.3 Å². The molecular formula is C11H14N2. The van der Waals surface area contributed by atoms with Crippen molar-refractivity contribution in [3.05, 3.63) is 23.8 Å². The van der Waals surface area contributed by atoms with Gasteiger partial charge >= 0.3 is 0 Å². The molecule has 1 atom stereocenters. The van der Waals surface area contributed by atoms with E-state index in [2.05, 4.69) is 42.1 Å². The van der Waals surface area contributed by atoms with Crippen LogP contribution in [0.15, 0.2) is 33.8 Å². The van der Waals surface area contributed by atoms with Crippen LogP contribution in [0.1, 0.15) is 20.3 Å². The van der Waals surface area contributed by atoms with E-state index in [4.69, 9.17) is 0 Å². The van der Waals surface area contributed by atoms with Crippen molar-refractivity contribution < 1.29 is 0 Å². The van der Waals surface area contributed by atoms with E-state index in [1.807, 2.05) is 0 Å². The highest BCUT2D eigenvalue weighted by Crippen LogP contribution is 2.20. The van der Waals surface area contributed by atoms with Gasteiger partial charge in [-0.05, 0) is 24.0 Å². The average Bonchev–Trinajstić information content (AvgIpc) is 2.49. The topological polar surface area (TPSA) is 24.7 Å². The predicted octanol–water partition coefficient (Wildman–Crippen LogP) is 2.38. The lowest BCUT2D eigenvalue weighted by atomic mass is 9.95. The van der Waals surface area contributed by atoms with Gasteiger partial charge in [0.05, 0.1) is 5.71 Å². The Labute approximate surface area is 78.8 Å². The lowest BCUT2D eigenvalue weighted by molar-refractivity contribution is 0.647. The van der Waals surface area contributed by atoms with Gasteiger partial charge in [0.25, 0.3) is 0 Å². The molecule has 2 aliphatic rings. The molecule has 0 fully saturated rings. The minimum Gasteiger partial charge on any atom is -0.260 e. The molecule has 0 N–H and O–H groups in total. The second-order valence-corrected chi connectivity index (χ2v) is 3.94. The number of fused-ring (bicyclic) bond motifs is 1. The number of allylic oxidation sites excluding steroid dienone is 2. The van der Waals surface area contributed by atoms with Gasteiger partial charge in [-0.15, -0.1) is 0 Å². The molecule has 0 amide bonds. The Kier molecular flexibility index (Phi) is 2.13. The van der Waals surface area contributed by atoms with Gasteiger partial charge in [0, 0.05) is 0 Å². The molecule has 2 rings (SSSR count). The fourth-order valence-electron chi connectivity index (χ4n) is 1.65. The van der Waals surface area contributed by atoms with Crippen LogP contribution in [0, 0.1) is 5.92 Å². The van der Waals surface area contributed by atoms with E-state index in [-0.39, 0.29) is 6.04 Å². The highest BCUT2D eigenvalue weighted by molar-refractivity contribution is 6.08. The normalized spacial score (nSPS) is 24.7. The van der Waals surface area contributed by atoms with Crippen LogP contribution in [0.25, 0.3) is 0 Å². The number of rotatable bonds is 2. The summed E-state index contributed by atoms with van der Waals surface area (Å²) in [5, 5.41) is 0. The molecule has 0 aromatic carbocycles. The zero-order valence-electron chi connectivity index (χ0n) is 8.07. The first kappa shape index (κ1) is 8.42. The van der Waals surface area contributed by atoms with Gasteiger partial charge < -0.3 is 0 Å². The Balaban J connectivity index is 2.12. The molecule has 2 heteroatoms. The third kappa shape index (κ3) is 1.77. The third-order valence-corrected chi connectivity index (χ3v) is 2.22. The zero-order chi connectivity index (χ0) is 9.26. The number of aliphatic imine (C=N–C) groups is 2. The van der Waals surface area contributed by atoms with E-state index in [0.717, 1.165) is 12.1 Å². The fourth-order valence-corrected chi connectivity index (χ4v) is 1.65. The maximum atomic E-state index is 4.26. The van der Waals surface area contributed by atoms with Crippen molar-refractivity contribution >= 4 is 12.1 Å². The number of hydrogen-bond donors (Lipinski definition) is 0. The maximum absolute atomic E-state index is 4.26. The van der Waals surface area contributed by atoms with Crippen LogP contribution in [0.2, 0.25) is 0 Å². The lowest BCUT2D eigenvalue weighted by Gasteiger charge is -2.13. The molecule has 1 heterocycles. The van der Waals surface area contributed by atoms with E-state index < -0.39 is 0 Å². The second-order valence-electron chi connectivity index (χ2n) is 3.94. The largest absolute Gasteiger partial charge is 0.260 e. The minimum atomic E-state index is 0.207.